The van der Waals surface area contributed by atoms with Gasteiger partial charge in [-0.05, 0) is 86.8 Å². The molecule has 176 valence electrons. The molecular weight excluding hydrogens is 515 g/mol. The van der Waals surface area contributed by atoms with Crippen molar-refractivity contribution in [2.45, 2.75) is 78.4 Å². The quantitative estimate of drug-likeness (QED) is 0.279. The van der Waals surface area contributed by atoms with Crippen LogP contribution >= 0.6 is 22.6 Å². The molecule has 0 radical (unpaired) electrons. The van der Waals surface area contributed by atoms with Crippen LogP contribution in [0.25, 0.3) is 11.3 Å². The lowest BCUT2D eigenvalue weighted by Gasteiger charge is -2.29. The van der Waals surface area contributed by atoms with E-state index >= 15 is 0 Å². The summed E-state index contributed by atoms with van der Waals surface area (Å²) in [7, 11) is 0. The Morgan fingerprint density at radius 1 is 1.12 bits per heavy atom. The largest absolute Gasteiger partial charge is 0.458 e. The Bertz CT molecular complexity index is 878. The van der Waals surface area contributed by atoms with E-state index in [2.05, 4.69) is 65.4 Å². The fraction of sp³-hybridized carbons (Fsp3) is 0.615. The fourth-order valence-electron chi connectivity index (χ4n) is 4.43. The highest BCUT2D eigenvalue weighted by Gasteiger charge is 2.26. The molecule has 1 fully saturated rings. The first-order valence-electron chi connectivity index (χ1n) is 11.7. The highest BCUT2D eigenvalue weighted by molar-refractivity contribution is 14.1. The van der Waals surface area contributed by atoms with Crippen LogP contribution in [-0.2, 0) is 20.8 Å². The monoisotopic (exact) mass is 552 g/mol. The summed E-state index contributed by atoms with van der Waals surface area (Å²) in [5.74, 6) is 1.31. The molecule has 1 aromatic heterocycles. The molecule has 0 N–H and O–H groups in total. The third-order valence-electron chi connectivity index (χ3n) is 5.92. The normalized spacial score (nSPS) is 19.3. The average Bonchev–Trinajstić information content (AvgIpc) is 3.04. The first-order chi connectivity index (χ1) is 15.1. The van der Waals surface area contributed by atoms with Crippen LogP contribution in [0.3, 0.4) is 0 Å². The molecule has 1 aliphatic rings. The predicted octanol–water partition coefficient (Wildman–Crippen LogP) is 6.44. The molecule has 5 nitrogen and oxygen atoms in total. The molecule has 0 bridgehead atoms. The van der Waals surface area contributed by atoms with Crippen molar-refractivity contribution in [1.82, 2.24) is 9.78 Å². The molecule has 0 atom stereocenters. The molecule has 1 aliphatic carbocycles. The van der Waals surface area contributed by atoms with Crippen LogP contribution in [0.2, 0.25) is 0 Å². The first kappa shape index (κ1) is 25.2. The minimum atomic E-state index is -0.460. The second-order valence-electron chi connectivity index (χ2n) is 10.2. The second kappa shape index (κ2) is 11.1. The van der Waals surface area contributed by atoms with E-state index in [1.807, 2.05) is 26.8 Å². The highest BCUT2D eigenvalue weighted by Crippen LogP contribution is 2.34. The number of hydrogen-bond donors (Lipinski definition) is 0. The lowest BCUT2D eigenvalue weighted by Crippen LogP contribution is -2.28. The Hall–Kier alpha value is -1.41. The summed E-state index contributed by atoms with van der Waals surface area (Å²) in [5.41, 5.74) is 3.16. The van der Waals surface area contributed by atoms with Gasteiger partial charge in [0.2, 0.25) is 0 Å². The number of carbonyl (C=O) groups excluding carboxylic acids is 1. The molecule has 32 heavy (non-hydrogen) atoms. The summed E-state index contributed by atoms with van der Waals surface area (Å²) in [6.45, 7) is 11.8. The minimum absolute atomic E-state index is 0.0446. The third kappa shape index (κ3) is 7.04. The van der Waals surface area contributed by atoms with Crippen LogP contribution in [-0.4, -0.2) is 34.6 Å². The van der Waals surface area contributed by atoms with Crippen LogP contribution < -0.4 is 0 Å². The molecule has 6 heteroatoms. The Balaban J connectivity index is 1.53. The van der Waals surface area contributed by atoms with Gasteiger partial charge in [-0.1, -0.05) is 44.2 Å². The molecule has 0 spiro atoms. The lowest BCUT2D eigenvalue weighted by atomic mass is 9.82. The van der Waals surface area contributed by atoms with Gasteiger partial charge >= 0.3 is 5.97 Å². The van der Waals surface area contributed by atoms with Crippen LogP contribution in [0, 0.1) is 15.4 Å². The highest BCUT2D eigenvalue weighted by atomic mass is 127. The van der Waals surface area contributed by atoms with Gasteiger partial charge in [-0.25, -0.2) is 4.79 Å². The maximum Gasteiger partial charge on any atom is 0.332 e. The molecule has 1 saturated carbocycles. The Morgan fingerprint density at radius 2 is 1.75 bits per heavy atom. The van der Waals surface area contributed by atoms with Crippen LogP contribution in [0.15, 0.2) is 30.3 Å². The number of rotatable bonds is 8. The van der Waals surface area contributed by atoms with Gasteiger partial charge in [0.25, 0.3) is 0 Å². The zero-order valence-electron chi connectivity index (χ0n) is 20.1. The van der Waals surface area contributed by atoms with Gasteiger partial charge in [0.05, 0.1) is 15.9 Å². The number of esters is 1. The van der Waals surface area contributed by atoms with Crippen molar-refractivity contribution in [3.8, 4) is 11.3 Å². The van der Waals surface area contributed by atoms with Crippen LogP contribution in [0.4, 0.5) is 0 Å². The van der Waals surface area contributed by atoms with Gasteiger partial charge in [-0.3, -0.25) is 4.68 Å². The zero-order valence-corrected chi connectivity index (χ0v) is 22.2. The summed E-state index contributed by atoms with van der Waals surface area (Å²) >= 11 is 2.47. The summed E-state index contributed by atoms with van der Waals surface area (Å²) in [6.07, 6.45) is 4.63. The van der Waals surface area contributed by atoms with Crippen LogP contribution in [0.5, 0.6) is 0 Å². The SMILES string of the molecule is CC(C)c1c(I)c(-c2ccccc2)nn1CC1CCC(COCC(=O)OC(C)(C)C)CC1. The number of nitrogens with zero attached hydrogens (tertiary/aromatic N) is 2. The maximum absolute atomic E-state index is 11.8. The van der Waals surface area contributed by atoms with Crippen molar-refractivity contribution in [3.63, 3.8) is 0 Å². The third-order valence-corrected chi connectivity index (χ3v) is 6.98. The summed E-state index contributed by atoms with van der Waals surface area (Å²) in [6, 6.07) is 10.5. The molecular formula is C26H37IN2O3. The molecule has 0 unspecified atom stereocenters. The van der Waals surface area contributed by atoms with Crippen molar-refractivity contribution in [2.24, 2.45) is 11.8 Å². The predicted molar refractivity (Wildman–Crippen MR) is 137 cm³/mol. The van der Waals surface area contributed by atoms with E-state index in [0.29, 0.717) is 24.4 Å². The van der Waals surface area contributed by atoms with E-state index in [9.17, 15) is 4.79 Å². The van der Waals surface area contributed by atoms with Crippen molar-refractivity contribution in [2.75, 3.05) is 13.2 Å². The smallest absolute Gasteiger partial charge is 0.332 e. The fourth-order valence-corrected chi connectivity index (χ4v) is 5.75. The van der Waals surface area contributed by atoms with E-state index in [1.54, 1.807) is 0 Å². The van der Waals surface area contributed by atoms with Gasteiger partial charge in [0.15, 0.2) is 0 Å². The van der Waals surface area contributed by atoms with E-state index in [4.69, 9.17) is 14.6 Å². The number of ether oxygens (including phenoxy) is 2. The van der Waals surface area contributed by atoms with Gasteiger partial charge in [0.1, 0.15) is 17.9 Å². The lowest BCUT2D eigenvalue weighted by molar-refractivity contribution is -0.160. The van der Waals surface area contributed by atoms with Crippen molar-refractivity contribution in [3.05, 3.63) is 39.6 Å². The summed E-state index contributed by atoms with van der Waals surface area (Å²) < 4.78 is 14.5. The number of carbonyl (C=O) groups is 1. The summed E-state index contributed by atoms with van der Waals surface area (Å²) in [4.78, 5) is 11.8. The molecule has 1 aromatic carbocycles. The maximum atomic E-state index is 11.8. The molecule has 3 rings (SSSR count). The molecule has 0 amide bonds. The number of halogens is 1. The Labute approximate surface area is 206 Å². The van der Waals surface area contributed by atoms with Crippen molar-refractivity contribution >= 4 is 28.6 Å². The molecule has 0 aliphatic heterocycles. The van der Waals surface area contributed by atoms with E-state index < -0.39 is 5.60 Å². The Kier molecular flexibility index (Phi) is 8.78. The number of benzene rings is 1. The second-order valence-corrected chi connectivity index (χ2v) is 11.3. The van der Waals surface area contributed by atoms with E-state index in [-0.39, 0.29) is 12.6 Å². The van der Waals surface area contributed by atoms with E-state index in [1.165, 1.54) is 27.7 Å². The average molecular weight is 552 g/mol. The van der Waals surface area contributed by atoms with Crippen LogP contribution in [0.1, 0.15) is 71.9 Å². The minimum Gasteiger partial charge on any atom is -0.458 e. The zero-order chi connectivity index (χ0) is 23.3. The van der Waals surface area contributed by atoms with Crippen molar-refractivity contribution in [1.29, 1.82) is 0 Å². The summed E-state index contributed by atoms with van der Waals surface area (Å²) in [5, 5.41) is 5.05. The first-order valence-corrected chi connectivity index (χ1v) is 12.8. The van der Waals surface area contributed by atoms with Gasteiger partial charge in [0, 0.05) is 12.1 Å². The molecule has 1 heterocycles. The number of aromatic nitrogens is 2. The standard InChI is InChI=1S/C26H37IN2O3/c1-18(2)25-23(27)24(21-9-7-6-8-10-21)28-29(25)15-19-11-13-20(14-12-19)16-31-17-22(30)32-26(3,4)5/h6-10,18-20H,11-17H2,1-5H3. The number of hydrogen-bond acceptors (Lipinski definition) is 4. The Morgan fingerprint density at radius 3 is 2.34 bits per heavy atom. The van der Waals surface area contributed by atoms with Crippen molar-refractivity contribution < 1.29 is 14.3 Å². The van der Waals surface area contributed by atoms with Gasteiger partial charge in [-0.2, -0.15) is 5.10 Å². The topological polar surface area (TPSA) is 53.4 Å². The van der Waals surface area contributed by atoms with Gasteiger partial charge in [-0.15, -0.1) is 0 Å². The molecule has 0 saturated heterocycles. The van der Waals surface area contributed by atoms with Gasteiger partial charge < -0.3 is 9.47 Å². The molecule has 2 aromatic rings. The van der Waals surface area contributed by atoms with E-state index in [0.717, 1.165) is 25.1 Å².